The lowest BCUT2D eigenvalue weighted by molar-refractivity contribution is 0.0762. The van der Waals surface area contributed by atoms with E-state index >= 15 is 0 Å². The fourth-order valence-corrected chi connectivity index (χ4v) is 1.10. The number of rotatable bonds is 5. The van der Waals surface area contributed by atoms with Gasteiger partial charge in [0.2, 0.25) is 0 Å². The average Bonchev–Trinajstić information content (AvgIpc) is 2.69. The van der Waals surface area contributed by atoms with Gasteiger partial charge >= 0.3 is 0 Å². The molecule has 0 spiro atoms. The summed E-state index contributed by atoms with van der Waals surface area (Å²) in [5, 5.41) is 12.8. The molecular formula is C8H13N5O. The molecule has 0 atom stereocenters. The van der Waals surface area contributed by atoms with E-state index in [1.165, 1.54) is 0 Å². The molecule has 6 heteroatoms. The number of hydrogen-bond donors (Lipinski definition) is 1. The number of carbonyl (C=O) groups excluding carboxylic acids is 1. The largest absolute Gasteiger partial charge is 0.332 e. The maximum Gasteiger partial charge on any atom is 0.295 e. The number of nitrogens with zero attached hydrogens (tertiary/aromatic N) is 4. The van der Waals surface area contributed by atoms with Crippen LogP contribution in [0.1, 0.15) is 24.0 Å². The number of amides is 1. The Morgan fingerprint density at radius 3 is 3.00 bits per heavy atom. The third-order valence-corrected chi connectivity index (χ3v) is 1.67. The van der Waals surface area contributed by atoms with E-state index in [0.29, 0.717) is 13.1 Å². The Balaban J connectivity index is 2.68. The highest BCUT2D eigenvalue weighted by atomic mass is 16.2. The lowest BCUT2D eigenvalue weighted by Crippen LogP contribution is -2.32. The van der Waals surface area contributed by atoms with Crippen LogP contribution in [0.3, 0.4) is 0 Å². The Bertz CT molecular complexity index is 295. The number of tetrazole rings is 1. The summed E-state index contributed by atoms with van der Waals surface area (Å²) in [6.07, 6.45) is 2.56. The van der Waals surface area contributed by atoms with E-state index in [1.807, 2.05) is 6.92 Å². The van der Waals surface area contributed by atoms with Gasteiger partial charge in [-0.15, -0.1) is 16.8 Å². The summed E-state index contributed by atoms with van der Waals surface area (Å²) < 4.78 is 0. The van der Waals surface area contributed by atoms with Gasteiger partial charge in [0.15, 0.2) is 0 Å². The molecule has 1 rings (SSSR count). The topological polar surface area (TPSA) is 74.8 Å². The summed E-state index contributed by atoms with van der Waals surface area (Å²) in [7, 11) is 0. The second-order valence-corrected chi connectivity index (χ2v) is 2.78. The normalized spacial score (nSPS) is 9.79. The quantitative estimate of drug-likeness (QED) is 0.683. The van der Waals surface area contributed by atoms with Crippen molar-refractivity contribution in [2.45, 2.75) is 13.3 Å². The zero-order valence-electron chi connectivity index (χ0n) is 8.10. The maximum atomic E-state index is 11.7. The van der Waals surface area contributed by atoms with Crippen LogP contribution < -0.4 is 0 Å². The van der Waals surface area contributed by atoms with Crippen LogP contribution >= 0.6 is 0 Å². The minimum absolute atomic E-state index is 0.0975. The number of hydrogen-bond acceptors (Lipinski definition) is 4. The molecule has 1 aromatic rings. The predicted octanol–water partition coefficient (Wildman–Crippen LogP) is 0.238. The van der Waals surface area contributed by atoms with Crippen molar-refractivity contribution in [3.8, 4) is 0 Å². The molecule has 0 aliphatic heterocycles. The van der Waals surface area contributed by atoms with Gasteiger partial charge in [-0.05, 0) is 11.6 Å². The highest BCUT2D eigenvalue weighted by Crippen LogP contribution is 1.98. The second-order valence-electron chi connectivity index (χ2n) is 2.78. The van der Waals surface area contributed by atoms with E-state index in [1.54, 1.807) is 11.0 Å². The molecule has 0 aliphatic carbocycles. The summed E-state index contributed by atoms with van der Waals surface area (Å²) in [5.74, 6) is -0.124. The first-order chi connectivity index (χ1) is 6.79. The van der Waals surface area contributed by atoms with E-state index in [4.69, 9.17) is 0 Å². The molecule has 1 amide bonds. The third kappa shape index (κ3) is 2.38. The van der Waals surface area contributed by atoms with Crippen molar-refractivity contribution in [2.75, 3.05) is 13.1 Å². The minimum atomic E-state index is -0.222. The fourth-order valence-electron chi connectivity index (χ4n) is 1.10. The molecule has 0 unspecified atom stereocenters. The highest BCUT2D eigenvalue weighted by Gasteiger charge is 2.17. The predicted molar refractivity (Wildman–Crippen MR) is 50.6 cm³/mol. The van der Waals surface area contributed by atoms with Crippen molar-refractivity contribution in [3.63, 3.8) is 0 Å². The van der Waals surface area contributed by atoms with E-state index < -0.39 is 0 Å². The van der Waals surface area contributed by atoms with Crippen molar-refractivity contribution < 1.29 is 4.79 Å². The summed E-state index contributed by atoms with van der Waals surface area (Å²) in [6.45, 7) is 6.76. The molecule has 14 heavy (non-hydrogen) atoms. The molecule has 0 radical (unpaired) electrons. The lowest BCUT2D eigenvalue weighted by atomic mass is 10.3. The van der Waals surface area contributed by atoms with Gasteiger partial charge in [0.1, 0.15) is 0 Å². The number of aromatic nitrogens is 4. The van der Waals surface area contributed by atoms with Gasteiger partial charge in [0.05, 0.1) is 0 Å². The van der Waals surface area contributed by atoms with Crippen LogP contribution in [0, 0.1) is 0 Å². The summed E-state index contributed by atoms with van der Waals surface area (Å²) in [6, 6.07) is 0. The maximum absolute atomic E-state index is 11.7. The first kappa shape index (κ1) is 10.4. The zero-order valence-corrected chi connectivity index (χ0v) is 8.10. The molecule has 0 aliphatic rings. The van der Waals surface area contributed by atoms with Gasteiger partial charge in [0.25, 0.3) is 11.7 Å². The Kier molecular flexibility index (Phi) is 3.78. The van der Waals surface area contributed by atoms with Gasteiger partial charge in [-0.25, -0.2) is 0 Å². The molecule has 0 saturated heterocycles. The van der Waals surface area contributed by atoms with Crippen molar-refractivity contribution >= 4 is 5.91 Å². The first-order valence-corrected chi connectivity index (χ1v) is 4.43. The molecular weight excluding hydrogens is 182 g/mol. The van der Waals surface area contributed by atoms with E-state index in [-0.39, 0.29) is 11.7 Å². The van der Waals surface area contributed by atoms with Crippen LogP contribution in [-0.4, -0.2) is 44.5 Å². The van der Waals surface area contributed by atoms with Crippen LogP contribution in [0.5, 0.6) is 0 Å². The summed E-state index contributed by atoms with van der Waals surface area (Å²) in [5.41, 5.74) is 0. The average molecular weight is 195 g/mol. The number of carbonyl (C=O) groups is 1. The first-order valence-electron chi connectivity index (χ1n) is 4.43. The number of nitrogens with one attached hydrogen (secondary N) is 1. The SMILES string of the molecule is C=CCN(CCC)C(=O)c1nn[nH]n1. The Hall–Kier alpha value is -1.72. The van der Waals surface area contributed by atoms with Crippen LogP contribution in [0.15, 0.2) is 12.7 Å². The van der Waals surface area contributed by atoms with E-state index in [0.717, 1.165) is 6.42 Å². The van der Waals surface area contributed by atoms with Crippen molar-refractivity contribution in [3.05, 3.63) is 18.5 Å². The molecule has 1 heterocycles. The number of aromatic amines is 1. The van der Waals surface area contributed by atoms with E-state index in [9.17, 15) is 4.79 Å². The Labute approximate surface area is 82.0 Å². The third-order valence-electron chi connectivity index (χ3n) is 1.67. The van der Waals surface area contributed by atoms with Crippen LogP contribution in [-0.2, 0) is 0 Å². The minimum Gasteiger partial charge on any atom is -0.332 e. The molecule has 1 aromatic heterocycles. The molecule has 0 fully saturated rings. The monoisotopic (exact) mass is 195 g/mol. The Morgan fingerprint density at radius 2 is 2.50 bits per heavy atom. The van der Waals surface area contributed by atoms with Crippen LogP contribution in [0.2, 0.25) is 0 Å². The highest BCUT2D eigenvalue weighted by molar-refractivity contribution is 5.90. The molecule has 6 nitrogen and oxygen atoms in total. The molecule has 0 bridgehead atoms. The molecule has 0 aromatic carbocycles. The fraction of sp³-hybridized carbons (Fsp3) is 0.500. The second kappa shape index (κ2) is 5.11. The summed E-state index contributed by atoms with van der Waals surface area (Å²) in [4.78, 5) is 13.3. The molecule has 76 valence electrons. The van der Waals surface area contributed by atoms with Crippen LogP contribution in [0.4, 0.5) is 0 Å². The van der Waals surface area contributed by atoms with Gasteiger partial charge in [-0.3, -0.25) is 4.79 Å². The van der Waals surface area contributed by atoms with Gasteiger partial charge < -0.3 is 4.90 Å². The van der Waals surface area contributed by atoms with Gasteiger partial charge in [-0.1, -0.05) is 13.0 Å². The Morgan fingerprint density at radius 1 is 1.71 bits per heavy atom. The summed E-state index contributed by atoms with van der Waals surface area (Å²) >= 11 is 0. The standard InChI is InChI=1S/C8H13N5O/c1-3-5-13(6-4-2)8(14)7-9-11-12-10-7/h3H,1,4-6H2,2H3,(H,9,10,11,12). The molecule has 1 N–H and O–H groups in total. The smallest absolute Gasteiger partial charge is 0.295 e. The van der Waals surface area contributed by atoms with Crippen molar-refractivity contribution in [1.29, 1.82) is 0 Å². The zero-order chi connectivity index (χ0) is 10.4. The molecule has 0 saturated carbocycles. The van der Waals surface area contributed by atoms with Gasteiger partial charge in [0, 0.05) is 13.1 Å². The van der Waals surface area contributed by atoms with Crippen molar-refractivity contribution in [1.82, 2.24) is 25.5 Å². The lowest BCUT2D eigenvalue weighted by Gasteiger charge is -2.17. The number of H-pyrrole nitrogens is 1. The van der Waals surface area contributed by atoms with Gasteiger partial charge in [-0.2, -0.15) is 5.21 Å². The van der Waals surface area contributed by atoms with Crippen molar-refractivity contribution in [2.24, 2.45) is 0 Å². The van der Waals surface area contributed by atoms with Crippen LogP contribution in [0.25, 0.3) is 0 Å². The van der Waals surface area contributed by atoms with E-state index in [2.05, 4.69) is 27.2 Å².